The van der Waals surface area contributed by atoms with Crippen LogP contribution in [0.15, 0.2) is 15.9 Å². The van der Waals surface area contributed by atoms with Crippen molar-refractivity contribution in [2.75, 3.05) is 0 Å². The van der Waals surface area contributed by atoms with Gasteiger partial charge < -0.3 is 14.8 Å². The van der Waals surface area contributed by atoms with Crippen LogP contribution in [-0.4, -0.2) is 18.0 Å². The fourth-order valence-electron chi connectivity index (χ4n) is 1.10. The highest BCUT2D eigenvalue weighted by Gasteiger charge is 2.20. The average molecular weight is 320 g/mol. The minimum Gasteiger partial charge on any atom is -0.444 e. The van der Waals surface area contributed by atoms with Crippen LogP contribution in [0.3, 0.4) is 0 Å². The van der Waals surface area contributed by atoms with Crippen molar-refractivity contribution in [3.8, 4) is 0 Å². The first-order valence-electron chi connectivity index (χ1n) is 5.00. The quantitative estimate of drug-likeness (QED) is 0.870. The third-order valence-electron chi connectivity index (χ3n) is 1.70. The lowest BCUT2D eigenvalue weighted by atomic mass is 10.2. The molecule has 4 nitrogen and oxygen atoms in total. The summed E-state index contributed by atoms with van der Waals surface area (Å²) in [4.78, 5) is 23.2. The van der Waals surface area contributed by atoms with Gasteiger partial charge in [-0.2, -0.15) is 0 Å². The van der Waals surface area contributed by atoms with E-state index in [0.717, 1.165) is 9.35 Å². The van der Waals surface area contributed by atoms with Crippen LogP contribution >= 0.6 is 27.3 Å². The number of carbonyl (C=O) groups excluding carboxylic acids is 2. The molecule has 0 saturated heterocycles. The SMILES string of the molecule is CC(C)(C)OC(=O)NC(C=O)c1cc(Br)cs1. The van der Waals surface area contributed by atoms with Crippen LogP contribution in [0, 0.1) is 0 Å². The summed E-state index contributed by atoms with van der Waals surface area (Å²) in [7, 11) is 0. The average Bonchev–Trinajstić information content (AvgIpc) is 2.58. The fraction of sp³-hybridized carbons (Fsp3) is 0.455. The number of amides is 1. The third-order valence-corrected chi connectivity index (χ3v) is 3.48. The molecule has 0 fully saturated rings. The van der Waals surface area contributed by atoms with E-state index in [9.17, 15) is 9.59 Å². The Kier molecular flexibility index (Phi) is 4.70. The predicted molar refractivity (Wildman–Crippen MR) is 70.2 cm³/mol. The highest BCUT2D eigenvalue weighted by Crippen LogP contribution is 2.24. The number of carbonyl (C=O) groups is 2. The van der Waals surface area contributed by atoms with E-state index >= 15 is 0 Å². The van der Waals surface area contributed by atoms with Crippen LogP contribution in [0.1, 0.15) is 31.7 Å². The van der Waals surface area contributed by atoms with Crippen LogP contribution in [-0.2, 0) is 9.53 Å². The summed E-state index contributed by atoms with van der Waals surface area (Å²) in [6, 6.07) is 1.13. The maximum atomic E-state index is 11.5. The largest absolute Gasteiger partial charge is 0.444 e. The molecule has 1 rings (SSSR count). The molecule has 17 heavy (non-hydrogen) atoms. The van der Waals surface area contributed by atoms with Crippen molar-refractivity contribution in [3.05, 3.63) is 20.8 Å². The molecule has 1 aromatic rings. The number of alkyl carbamates (subject to hydrolysis) is 1. The van der Waals surface area contributed by atoms with Gasteiger partial charge in [-0.25, -0.2) is 4.79 Å². The maximum absolute atomic E-state index is 11.5. The molecule has 0 aliphatic carbocycles. The molecular weight excluding hydrogens is 306 g/mol. The van der Waals surface area contributed by atoms with Gasteiger partial charge >= 0.3 is 6.09 Å². The minimum atomic E-state index is -0.666. The molecule has 1 atom stereocenters. The molecule has 6 heteroatoms. The predicted octanol–water partition coefficient (Wildman–Crippen LogP) is 3.28. The summed E-state index contributed by atoms with van der Waals surface area (Å²) in [6.45, 7) is 5.30. The Morgan fingerprint density at radius 3 is 2.65 bits per heavy atom. The Bertz CT molecular complexity index is 411. The summed E-state index contributed by atoms with van der Waals surface area (Å²) in [6.07, 6.45) is 0.0847. The van der Waals surface area contributed by atoms with E-state index in [1.165, 1.54) is 11.3 Å². The number of aldehydes is 1. The first-order valence-corrected chi connectivity index (χ1v) is 6.68. The number of halogens is 1. The zero-order chi connectivity index (χ0) is 13.1. The molecule has 0 spiro atoms. The van der Waals surface area contributed by atoms with Crippen LogP contribution in [0.5, 0.6) is 0 Å². The first-order chi connectivity index (χ1) is 7.81. The zero-order valence-corrected chi connectivity index (χ0v) is 12.2. The number of rotatable bonds is 3. The molecule has 1 heterocycles. The molecular formula is C11H14BrNO3S. The Labute approximate surface area is 112 Å². The fourth-order valence-corrected chi connectivity index (χ4v) is 2.55. The van der Waals surface area contributed by atoms with Gasteiger partial charge in [0.2, 0.25) is 0 Å². The van der Waals surface area contributed by atoms with Gasteiger partial charge in [-0.15, -0.1) is 11.3 Å². The van der Waals surface area contributed by atoms with Crippen LogP contribution in [0.2, 0.25) is 0 Å². The van der Waals surface area contributed by atoms with Crippen LogP contribution in [0.4, 0.5) is 4.79 Å². The summed E-state index contributed by atoms with van der Waals surface area (Å²) >= 11 is 4.69. The van der Waals surface area contributed by atoms with Gasteiger partial charge in [0.05, 0.1) is 0 Å². The van der Waals surface area contributed by atoms with Gasteiger partial charge in [-0.3, -0.25) is 0 Å². The third kappa shape index (κ3) is 4.87. The Morgan fingerprint density at radius 2 is 2.24 bits per heavy atom. The minimum absolute atomic E-state index is 0.576. The van der Waals surface area contributed by atoms with Gasteiger partial charge in [-0.1, -0.05) is 0 Å². The molecule has 1 amide bonds. The van der Waals surface area contributed by atoms with Gasteiger partial charge in [-0.05, 0) is 42.8 Å². The standard InChI is InChI=1S/C11H14BrNO3S/c1-11(2,3)16-10(15)13-8(5-14)9-4-7(12)6-17-9/h4-6,8H,1-3H3,(H,13,15). The number of ether oxygens (including phenoxy) is 1. The van der Waals surface area contributed by atoms with E-state index in [1.54, 1.807) is 26.8 Å². The molecule has 94 valence electrons. The van der Waals surface area contributed by atoms with E-state index in [2.05, 4.69) is 21.2 Å². The molecule has 0 aliphatic rings. The second kappa shape index (κ2) is 5.64. The Morgan fingerprint density at radius 1 is 1.59 bits per heavy atom. The van der Waals surface area contributed by atoms with Crippen molar-refractivity contribution in [1.82, 2.24) is 5.32 Å². The zero-order valence-electron chi connectivity index (χ0n) is 9.82. The van der Waals surface area contributed by atoms with E-state index < -0.39 is 17.7 Å². The second-order valence-electron chi connectivity index (χ2n) is 4.43. The van der Waals surface area contributed by atoms with E-state index in [1.807, 2.05) is 5.38 Å². The molecule has 0 aromatic carbocycles. The molecule has 0 radical (unpaired) electrons. The monoisotopic (exact) mass is 319 g/mol. The van der Waals surface area contributed by atoms with Crippen molar-refractivity contribution in [1.29, 1.82) is 0 Å². The first kappa shape index (κ1) is 14.2. The van der Waals surface area contributed by atoms with Gasteiger partial charge in [0.1, 0.15) is 17.9 Å². The summed E-state index contributed by atoms with van der Waals surface area (Å²) in [5, 5.41) is 4.36. The van der Waals surface area contributed by atoms with Crippen LogP contribution in [0.25, 0.3) is 0 Å². The summed E-state index contributed by atoms with van der Waals surface area (Å²) in [5.41, 5.74) is -0.576. The Balaban J connectivity index is 2.65. The highest BCUT2D eigenvalue weighted by molar-refractivity contribution is 9.10. The van der Waals surface area contributed by atoms with E-state index in [4.69, 9.17) is 4.74 Å². The highest BCUT2D eigenvalue weighted by atomic mass is 79.9. The van der Waals surface area contributed by atoms with Gasteiger partial charge in [0.25, 0.3) is 0 Å². The summed E-state index contributed by atoms with van der Waals surface area (Å²) in [5.74, 6) is 0. The van der Waals surface area contributed by atoms with Crippen molar-refractivity contribution in [2.24, 2.45) is 0 Å². The molecule has 0 aliphatic heterocycles. The number of hydrogen-bond acceptors (Lipinski definition) is 4. The molecule has 0 bridgehead atoms. The van der Waals surface area contributed by atoms with Crippen LogP contribution < -0.4 is 5.32 Å². The topological polar surface area (TPSA) is 55.4 Å². The molecule has 1 N–H and O–H groups in total. The van der Waals surface area contributed by atoms with E-state index in [-0.39, 0.29) is 0 Å². The Hall–Kier alpha value is -0.880. The lowest BCUT2D eigenvalue weighted by Crippen LogP contribution is -2.35. The lowest BCUT2D eigenvalue weighted by Gasteiger charge is -2.21. The van der Waals surface area contributed by atoms with Gasteiger partial charge in [0.15, 0.2) is 0 Å². The van der Waals surface area contributed by atoms with Crippen molar-refractivity contribution >= 4 is 39.6 Å². The molecule has 0 saturated carbocycles. The molecule has 1 unspecified atom stereocenters. The van der Waals surface area contributed by atoms with Crippen molar-refractivity contribution < 1.29 is 14.3 Å². The second-order valence-corrected chi connectivity index (χ2v) is 6.29. The number of thiophene rings is 1. The number of hydrogen-bond donors (Lipinski definition) is 1. The lowest BCUT2D eigenvalue weighted by molar-refractivity contribution is -0.109. The molecule has 1 aromatic heterocycles. The summed E-state index contributed by atoms with van der Waals surface area (Å²) < 4.78 is 5.97. The smallest absolute Gasteiger partial charge is 0.408 e. The van der Waals surface area contributed by atoms with Gasteiger partial charge in [0, 0.05) is 14.7 Å². The maximum Gasteiger partial charge on any atom is 0.408 e. The normalized spacial score (nSPS) is 12.9. The van der Waals surface area contributed by atoms with Crippen molar-refractivity contribution in [2.45, 2.75) is 32.4 Å². The number of nitrogens with one attached hydrogen (secondary N) is 1. The van der Waals surface area contributed by atoms with E-state index in [0.29, 0.717) is 6.29 Å². The van der Waals surface area contributed by atoms with Crippen molar-refractivity contribution in [3.63, 3.8) is 0 Å².